The van der Waals surface area contributed by atoms with Crippen molar-refractivity contribution in [2.75, 3.05) is 46.6 Å². The molecule has 6 heterocycles. The predicted octanol–water partition coefficient (Wildman–Crippen LogP) is 6.78. The van der Waals surface area contributed by atoms with Gasteiger partial charge in [0.05, 0.1) is 101 Å². The topological polar surface area (TPSA) is 330 Å². The number of ketones is 1. The molecule has 4 saturated heterocycles. The summed E-state index contributed by atoms with van der Waals surface area (Å²) in [6, 6.07) is 28.8. The van der Waals surface area contributed by atoms with Gasteiger partial charge in [-0.15, -0.1) is 11.8 Å². The minimum atomic E-state index is -4.40. The maximum atomic E-state index is 13.8. The Kier molecular flexibility index (Phi) is 38.7. The molecule has 6 aliphatic rings. The number of thiol groups is 1. The lowest BCUT2D eigenvalue weighted by Gasteiger charge is -2.46. The summed E-state index contributed by atoms with van der Waals surface area (Å²) in [5, 5.41) is 25.2. The van der Waals surface area contributed by atoms with Crippen LogP contribution in [0, 0.1) is 23.7 Å². The molecule has 4 aromatic carbocycles. The number of halogens is 1. The molecular formula is C62H89ClN7O20P13S2. The number of benzene rings is 4. The summed E-state index contributed by atoms with van der Waals surface area (Å²) >= 11 is 5.91. The highest BCUT2D eigenvalue weighted by Gasteiger charge is 2.63. The summed E-state index contributed by atoms with van der Waals surface area (Å²) in [6.45, 7) is 8.10. The Morgan fingerprint density at radius 2 is 1.17 bits per heavy atom. The molecule has 0 radical (unpaired) electrons. The van der Waals surface area contributed by atoms with Crippen LogP contribution in [0.4, 0.5) is 10.5 Å². The lowest BCUT2D eigenvalue weighted by atomic mass is 9.79. The Morgan fingerprint density at radius 1 is 0.695 bits per heavy atom. The second kappa shape index (κ2) is 43.8. The minimum absolute atomic E-state index is 0. The van der Waals surface area contributed by atoms with Crippen LogP contribution in [0.2, 0.25) is 0 Å². The van der Waals surface area contributed by atoms with E-state index in [1.54, 1.807) is 131 Å². The number of Topliss-reactive ketones (excluding diaryl/α,β-unsaturated/α-hetero) is 1. The van der Waals surface area contributed by atoms with Crippen molar-refractivity contribution < 1.29 is 112 Å². The quantitative estimate of drug-likeness (QED) is 0.0308. The molecule has 0 saturated carbocycles. The molecule has 5 N–H and O–H groups in total. The summed E-state index contributed by atoms with van der Waals surface area (Å²) in [5.74, 6) is -4.76. The van der Waals surface area contributed by atoms with E-state index in [-0.39, 0.29) is 114 Å². The highest BCUT2D eigenvalue weighted by molar-refractivity contribution is 8.41. The third kappa shape index (κ3) is 25.1. The van der Waals surface area contributed by atoms with Crippen molar-refractivity contribution >= 4 is 197 Å². The van der Waals surface area contributed by atoms with E-state index in [9.17, 15) is 57.9 Å². The van der Waals surface area contributed by atoms with Crippen LogP contribution in [0.5, 0.6) is 11.5 Å². The van der Waals surface area contributed by atoms with Gasteiger partial charge in [-0.05, 0) is 86.8 Å². The molecular weight excluding hydrogens is 1660 g/mol. The number of β-lactam (4-membered cyclic amide) rings is 2. The predicted molar refractivity (Wildman–Crippen MR) is 438 cm³/mol. The number of nitrogens with one attached hydrogen (secondary N) is 1. The third-order valence-electron chi connectivity index (χ3n) is 16.3. The van der Waals surface area contributed by atoms with Crippen LogP contribution in [0.25, 0.3) is 0 Å². The van der Waals surface area contributed by atoms with Crippen molar-refractivity contribution in [3.63, 3.8) is 0 Å². The molecule has 4 amide bonds. The van der Waals surface area contributed by atoms with Crippen molar-refractivity contribution in [1.29, 1.82) is 0 Å². The van der Waals surface area contributed by atoms with Gasteiger partial charge in [-0.3, -0.25) is 33.4 Å². The first kappa shape index (κ1) is 92.8. The number of hydrogen-bond donors (Lipinski definition) is 5. The summed E-state index contributed by atoms with van der Waals surface area (Å²) in [4.78, 5) is 116. The van der Waals surface area contributed by atoms with Crippen molar-refractivity contribution in [2.24, 2.45) is 23.7 Å². The lowest BCUT2D eigenvalue weighted by Crippen LogP contribution is -3.00. The number of carbonyl (C=O) groups is 9. The van der Waals surface area contributed by atoms with Gasteiger partial charge in [0, 0.05) is 66.5 Å². The van der Waals surface area contributed by atoms with E-state index in [1.807, 2.05) is 60.7 Å². The summed E-state index contributed by atoms with van der Waals surface area (Å²) in [6.07, 6.45) is -0.611. The SMILES string of the molecule is CN(C)C(=O)OPP.C[C@@H](O)[C@H]1C(=O)N2C(C(=O)OP)=C(OP(=O)(Oc3ccccc3)Oc3ccccc3)[C@H](C)[C@H]12.C[C@@H](O)[C@H]1C(=O)N2C(C(=O)OP)=C(S[C@H]3C[C@@H](C(=O)Cc4cccc(C(=O)OP(P)P)c4)N(P)C3)[C@H](C)[C@H]12.C[NH2+]C.O=C(OP(P)P)c1cccc(NC(=O)C2CC(S)CN2P)c1.[Cl-]. The number of phosphoric ester groups is 1. The maximum absolute atomic E-state index is 13.8. The fourth-order valence-electron chi connectivity index (χ4n) is 11.8. The van der Waals surface area contributed by atoms with Gasteiger partial charge < -0.3 is 79.2 Å². The normalized spacial score (nSPS) is 22.8. The second-order valence-corrected chi connectivity index (χ2v) is 42.2. The highest BCUT2D eigenvalue weighted by atomic mass is 35.5. The van der Waals surface area contributed by atoms with Crippen molar-refractivity contribution in [3.05, 3.63) is 148 Å². The Hall–Kier alpha value is -2.83. The average Bonchev–Trinajstić information content (AvgIpc) is 1.57. The summed E-state index contributed by atoms with van der Waals surface area (Å²) in [5.41, 5.74) is 2.17. The van der Waals surface area contributed by atoms with Gasteiger partial charge in [0.1, 0.15) is 38.0 Å². The number of anilines is 1. The second-order valence-electron chi connectivity index (χ2n) is 24.2. The van der Waals surface area contributed by atoms with E-state index in [2.05, 4.69) is 85.9 Å². The van der Waals surface area contributed by atoms with Crippen LogP contribution in [-0.2, 0) is 66.9 Å². The molecule has 12 unspecified atom stereocenters. The number of carbonyl (C=O) groups excluding carboxylic acids is 9. The minimum Gasteiger partial charge on any atom is -1.00 e. The van der Waals surface area contributed by atoms with E-state index in [1.165, 1.54) is 33.4 Å². The van der Waals surface area contributed by atoms with Crippen molar-refractivity contribution in [3.8, 4) is 11.5 Å². The first-order valence-corrected chi connectivity index (χ1v) is 48.3. The smallest absolute Gasteiger partial charge is 0.646 e. The number of phosphoric acid groups is 1. The van der Waals surface area contributed by atoms with Crippen LogP contribution in [0.3, 0.4) is 0 Å². The van der Waals surface area contributed by atoms with Crippen LogP contribution >= 0.6 is 138 Å². The maximum Gasteiger partial charge on any atom is 0.646 e. The molecule has 0 aliphatic carbocycles. The molecule has 4 aromatic rings. The molecule has 27 nitrogen and oxygen atoms in total. The molecule has 4 fully saturated rings. The Bertz CT molecular complexity index is 3790. The number of aliphatic hydroxyl groups excluding tert-OH is 2. The number of aliphatic hydroxyl groups is 2. The highest BCUT2D eigenvalue weighted by Crippen LogP contribution is 2.59. The van der Waals surface area contributed by atoms with Gasteiger partial charge in [0.25, 0.3) is 0 Å². The molecule has 43 heteroatoms. The number of rotatable bonds is 22. The first-order valence-electron chi connectivity index (χ1n) is 31.8. The van der Waals surface area contributed by atoms with Gasteiger partial charge in [-0.25, -0.2) is 24.0 Å². The molecule has 0 bridgehead atoms. The van der Waals surface area contributed by atoms with Gasteiger partial charge in [-0.1, -0.05) is 132 Å². The van der Waals surface area contributed by atoms with E-state index in [4.69, 9.17) is 31.7 Å². The number of nitrogens with zero attached hydrogens (tertiary/aromatic N) is 5. The van der Waals surface area contributed by atoms with Crippen LogP contribution in [0.15, 0.2) is 131 Å². The fourth-order valence-corrected chi connectivity index (χ4v) is 19.0. The van der Waals surface area contributed by atoms with E-state index in [0.717, 1.165) is 17.0 Å². The van der Waals surface area contributed by atoms with Gasteiger partial charge in [0.2, 0.25) is 17.7 Å². The standard InChI is InChI=1S/C23H31N2O7P5S.C22H23NO8P2.C12H18N2O3P4S.C3H9NO2P2.C2H7N.ClH/c1-10-18-17(11(2)26)21(28)25(18)19(23(30)31-34)20(10)38-14-8-15(24(33)9-14)16(27)7-12-4-3-5-13(6-12)22(29)32-37(35)36;1-13-18-17(14(2)24)21(25)23(18)19(22(26)28-32)20(13)31-33(27,29-15-9-5-3-6-10-15)30-16-11-7-4-8-12-16;15-11(10-5-9(22)6-14(10)18)13-8-3-1-2-7(4-8)12(16)17-21(19)20;1-4(2)3(5)6-8-7;1-3-2;/h3-6,10-11,14-15,17-18,26H,7-9,33-36H2,1-2H3;3-14,17-18,24H,32H2,1-2H3;1-4,9-10,22H,5-6,18-20H2,(H,13,15);8H,7H2,1-2H3;3H,1-2H3;1H/t10-,11-,14+,15+,17-,18-;13-,14-,17-,18-;;;;/m11..../s1. The first-order chi connectivity index (χ1) is 49.1. The largest absolute Gasteiger partial charge is 1.00 e. The Morgan fingerprint density at radius 3 is 1.63 bits per heavy atom. The monoisotopic (exact) mass is 1750 g/mol. The summed E-state index contributed by atoms with van der Waals surface area (Å²) < 4.78 is 59.4. The molecule has 6 aliphatic heterocycles. The third-order valence-corrected chi connectivity index (χ3v) is 23.7. The molecule has 10 rings (SSSR count). The zero-order chi connectivity index (χ0) is 77.2. The average molecular weight is 1750 g/mol. The van der Waals surface area contributed by atoms with Gasteiger partial charge in [-0.2, -0.15) is 17.2 Å². The number of hydrogen-bond acceptors (Lipinski definition) is 24. The molecule has 576 valence electrons. The number of fused-ring (bicyclic) bond motifs is 2. The van der Waals surface area contributed by atoms with Crippen molar-refractivity contribution in [1.82, 2.24) is 24.0 Å². The zero-order valence-corrected chi connectivity index (χ0v) is 74.7. The number of quaternary nitrogens is 1. The fraction of sp³-hybridized carbons (Fsp3) is 0.403. The number of para-hydroxylation sites is 2. The Balaban J connectivity index is 0.000000269. The zero-order valence-electron chi connectivity index (χ0n) is 58.2. The van der Waals surface area contributed by atoms with Crippen molar-refractivity contribution in [2.45, 2.75) is 93.8 Å². The number of nitrogens with two attached hydrogens (primary N) is 1. The molecule has 22 atom stereocenters. The van der Waals surface area contributed by atoms with E-state index in [0.29, 0.717) is 36.2 Å². The molecule has 0 spiro atoms. The van der Waals surface area contributed by atoms with E-state index < -0.39 is 88.7 Å². The molecule has 0 aromatic heterocycles. The molecule has 105 heavy (non-hydrogen) atoms. The van der Waals surface area contributed by atoms with E-state index >= 15 is 0 Å². The summed E-state index contributed by atoms with van der Waals surface area (Å²) in [7, 11) is 22.1. The van der Waals surface area contributed by atoms with Gasteiger partial charge in [0.15, 0.2) is 11.5 Å². The van der Waals surface area contributed by atoms with Crippen LogP contribution in [-0.4, -0.2) is 176 Å². The van der Waals surface area contributed by atoms with Gasteiger partial charge >= 0.3 is 37.8 Å². The number of thioether (sulfide) groups is 1. The lowest BCUT2D eigenvalue weighted by molar-refractivity contribution is -0.597. The number of amides is 4. The van der Waals surface area contributed by atoms with Crippen LogP contribution in [0.1, 0.15) is 66.8 Å². The van der Waals surface area contributed by atoms with Crippen LogP contribution < -0.4 is 32.1 Å². The Labute approximate surface area is 652 Å².